The van der Waals surface area contributed by atoms with Crippen molar-refractivity contribution in [1.82, 2.24) is 20.5 Å². The minimum Gasteiger partial charge on any atom is -0.403 e. The monoisotopic (exact) mass is 442 g/mol. The van der Waals surface area contributed by atoms with Crippen molar-refractivity contribution in [3.63, 3.8) is 0 Å². The minimum atomic E-state index is -0.290. The number of carbonyl (C=O) groups excluding carboxylic acids is 1. The predicted octanol–water partition coefficient (Wildman–Crippen LogP) is 3.65. The summed E-state index contributed by atoms with van der Waals surface area (Å²) >= 11 is 1.45. The van der Waals surface area contributed by atoms with Crippen LogP contribution in [0.25, 0.3) is 11.5 Å². The summed E-state index contributed by atoms with van der Waals surface area (Å²) in [4.78, 5) is 19.3. The Labute approximate surface area is 184 Å². The second kappa shape index (κ2) is 9.03. The SMILES string of the molecule is CNC(=O)Nc1nc2c(s1)CN(c1nnc(-c3cccc(C(C)C)c3)o1)[C@H](COC)C2. The first kappa shape index (κ1) is 21.3. The van der Waals surface area contributed by atoms with Crippen LogP contribution in [0.15, 0.2) is 28.7 Å². The van der Waals surface area contributed by atoms with Gasteiger partial charge in [0.25, 0.3) is 0 Å². The first-order valence-corrected chi connectivity index (χ1v) is 11.0. The molecule has 2 aromatic heterocycles. The molecule has 1 aliphatic heterocycles. The van der Waals surface area contributed by atoms with Gasteiger partial charge in [0, 0.05) is 31.0 Å². The molecule has 1 aromatic carbocycles. The first-order valence-electron chi connectivity index (χ1n) is 10.1. The van der Waals surface area contributed by atoms with Gasteiger partial charge < -0.3 is 19.4 Å². The second-order valence-corrected chi connectivity index (χ2v) is 8.79. The Morgan fingerprint density at radius 3 is 2.97 bits per heavy atom. The van der Waals surface area contributed by atoms with Crippen LogP contribution in [0, 0.1) is 0 Å². The van der Waals surface area contributed by atoms with Crippen LogP contribution in [0.3, 0.4) is 0 Å². The van der Waals surface area contributed by atoms with Crippen LogP contribution in [-0.4, -0.2) is 48.0 Å². The molecule has 2 amide bonds. The highest BCUT2D eigenvalue weighted by Crippen LogP contribution is 2.34. The molecule has 0 bridgehead atoms. The zero-order valence-corrected chi connectivity index (χ0v) is 18.8. The van der Waals surface area contributed by atoms with Crippen LogP contribution in [0.5, 0.6) is 0 Å². The number of anilines is 2. The average molecular weight is 443 g/mol. The molecule has 3 heterocycles. The highest BCUT2D eigenvalue weighted by Gasteiger charge is 2.32. The number of thiazole rings is 1. The van der Waals surface area contributed by atoms with E-state index in [2.05, 4.69) is 56.7 Å². The zero-order chi connectivity index (χ0) is 22.0. The third kappa shape index (κ3) is 4.54. The van der Waals surface area contributed by atoms with Gasteiger partial charge in [0.05, 0.1) is 24.9 Å². The standard InChI is InChI=1S/C21H26N6O3S/c1-12(2)13-6-5-7-14(8-13)18-25-26-21(30-18)27-10-17-16(9-15(27)11-29-4)23-20(31-17)24-19(28)22-3/h5-8,12,15H,9-11H2,1-4H3,(H2,22,23,24,28)/t15-/m0/s1. The number of methoxy groups -OCH3 is 1. The van der Waals surface area contributed by atoms with E-state index in [1.165, 1.54) is 16.9 Å². The van der Waals surface area contributed by atoms with E-state index in [9.17, 15) is 4.79 Å². The molecular formula is C21H26N6O3S. The number of hydrogen-bond acceptors (Lipinski definition) is 8. The molecule has 4 rings (SSSR count). The Bertz CT molecular complexity index is 1060. The van der Waals surface area contributed by atoms with Gasteiger partial charge in [0.15, 0.2) is 5.13 Å². The topological polar surface area (TPSA) is 105 Å². The summed E-state index contributed by atoms with van der Waals surface area (Å²) < 4.78 is 11.5. The third-order valence-electron chi connectivity index (χ3n) is 5.23. The number of ether oxygens (including phenoxy) is 1. The molecule has 0 saturated heterocycles. The number of nitrogens with one attached hydrogen (secondary N) is 2. The highest BCUT2D eigenvalue weighted by molar-refractivity contribution is 7.15. The van der Waals surface area contributed by atoms with E-state index in [-0.39, 0.29) is 12.1 Å². The first-order chi connectivity index (χ1) is 15.0. The number of nitrogens with zero attached hydrogens (tertiary/aromatic N) is 4. The molecule has 2 N–H and O–H groups in total. The Balaban J connectivity index is 1.60. The van der Waals surface area contributed by atoms with Crippen LogP contribution in [0.4, 0.5) is 15.9 Å². The summed E-state index contributed by atoms with van der Waals surface area (Å²) in [6, 6.07) is 8.33. The van der Waals surface area contributed by atoms with Gasteiger partial charge in [-0.25, -0.2) is 9.78 Å². The molecule has 0 aliphatic carbocycles. The van der Waals surface area contributed by atoms with Gasteiger partial charge in [-0.15, -0.1) is 5.10 Å². The number of fused-ring (bicyclic) bond motifs is 1. The fraction of sp³-hybridized carbons (Fsp3) is 0.429. The summed E-state index contributed by atoms with van der Waals surface area (Å²) in [5.74, 6) is 0.906. The van der Waals surface area contributed by atoms with Crippen molar-refractivity contribution >= 4 is 28.5 Å². The van der Waals surface area contributed by atoms with Crippen LogP contribution < -0.4 is 15.5 Å². The van der Waals surface area contributed by atoms with Gasteiger partial charge in [-0.1, -0.05) is 42.4 Å². The van der Waals surface area contributed by atoms with E-state index in [4.69, 9.17) is 9.15 Å². The maximum atomic E-state index is 11.6. The summed E-state index contributed by atoms with van der Waals surface area (Å²) in [5.41, 5.74) is 3.08. The molecule has 1 aliphatic rings. The molecular weight excluding hydrogens is 416 g/mol. The van der Waals surface area contributed by atoms with E-state index in [0.29, 0.717) is 42.5 Å². The number of amides is 2. The molecule has 31 heavy (non-hydrogen) atoms. The van der Waals surface area contributed by atoms with E-state index >= 15 is 0 Å². The molecule has 0 spiro atoms. The summed E-state index contributed by atoms with van der Waals surface area (Å²) in [7, 11) is 3.24. The lowest BCUT2D eigenvalue weighted by atomic mass is 10.0. The average Bonchev–Trinajstić information content (AvgIpc) is 3.40. The van der Waals surface area contributed by atoms with Gasteiger partial charge in [-0.05, 0) is 23.6 Å². The molecule has 0 radical (unpaired) electrons. The molecule has 1 atom stereocenters. The third-order valence-corrected chi connectivity index (χ3v) is 6.23. The summed E-state index contributed by atoms with van der Waals surface area (Å²) in [5, 5.41) is 14.5. The molecule has 0 unspecified atom stereocenters. The van der Waals surface area contributed by atoms with Crippen molar-refractivity contribution in [2.75, 3.05) is 31.0 Å². The lowest BCUT2D eigenvalue weighted by Crippen LogP contribution is -2.43. The maximum Gasteiger partial charge on any atom is 0.320 e. The largest absolute Gasteiger partial charge is 0.403 e. The maximum absolute atomic E-state index is 11.6. The van der Waals surface area contributed by atoms with Crippen molar-refractivity contribution in [2.24, 2.45) is 0 Å². The normalized spacial score (nSPS) is 15.8. The fourth-order valence-electron chi connectivity index (χ4n) is 3.54. The number of rotatable bonds is 6. The van der Waals surface area contributed by atoms with E-state index in [1.54, 1.807) is 14.2 Å². The number of hydrogen-bond donors (Lipinski definition) is 2. The van der Waals surface area contributed by atoms with Crippen molar-refractivity contribution in [3.8, 4) is 11.5 Å². The summed E-state index contributed by atoms with van der Waals surface area (Å²) in [6.45, 7) is 5.36. The predicted molar refractivity (Wildman–Crippen MR) is 120 cm³/mol. The second-order valence-electron chi connectivity index (χ2n) is 7.70. The number of benzene rings is 1. The fourth-order valence-corrected chi connectivity index (χ4v) is 4.52. The zero-order valence-electron chi connectivity index (χ0n) is 18.0. The molecule has 0 saturated carbocycles. The molecule has 9 nitrogen and oxygen atoms in total. The Kier molecular flexibility index (Phi) is 6.19. The Morgan fingerprint density at radius 1 is 1.39 bits per heavy atom. The van der Waals surface area contributed by atoms with Gasteiger partial charge >= 0.3 is 12.0 Å². The summed E-state index contributed by atoms with van der Waals surface area (Å²) in [6.07, 6.45) is 0.662. The van der Waals surface area contributed by atoms with Crippen LogP contribution in [0.2, 0.25) is 0 Å². The molecule has 164 valence electrons. The van der Waals surface area contributed by atoms with Gasteiger partial charge in [-0.2, -0.15) is 0 Å². The van der Waals surface area contributed by atoms with Crippen LogP contribution in [-0.2, 0) is 17.7 Å². The molecule has 0 fully saturated rings. The van der Waals surface area contributed by atoms with Crippen LogP contribution >= 0.6 is 11.3 Å². The van der Waals surface area contributed by atoms with Crippen molar-refractivity contribution in [1.29, 1.82) is 0 Å². The minimum absolute atomic E-state index is 0.00255. The van der Waals surface area contributed by atoms with Crippen molar-refractivity contribution in [2.45, 2.75) is 38.8 Å². The molecule has 10 heteroatoms. The Morgan fingerprint density at radius 2 is 2.23 bits per heavy atom. The number of urea groups is 1. The van der Waals surface area contributed by atoms with Crippen molar-refractivity contribution in [3.05, 3.63) is 40.4 Å². The Hall–Kier alpha value is -2.98. The van der Waals surface area contributed by atoms with E-state index < -0.39 is 0 Å². The molecule has 3 aromatic rings. The lowest BCUT2D eigenvalue weighted by Gasteiger charge is -2.32. The quantitative estimate of drug-likeness (QED) is 0.600. The number of carbonyl (C=O) groups is 1. The highest BCUT2D eigenvalue weighted by atomic mass is 32.1. The van der Waals surface area contributed by atoms with Crippen molar-refractivity contribution < 1.29 is 13.9 Å². The van der Waals surface area contributed by atoms with E-state index in [0.717, 1.165) is 16.1 Å². The van der Waals surface area contributed by atoms with Gasteiger partial charge in [0.1, 0.15) is 0 Å². The smallest absolute Gasteiger partial charge is 0.320 e. The lowest BCUT2D eigenvalue weighted by molar-refractivity contribution is 0.171. The number of aromatic nitrogens is 3. The van der Waals surface area contributed by atoms with Gasteiger partial charge in [0.2, 0.25) is 5.89 Å². The van der Waals surface area contributed by atoms with E-state index in [1.807, 2.05) is 12.1 Å². The van der Waals surface area contributed by atoms with Crippen LogP contribution in [0.1, 0.15) is 35.9 Å². The van der Waals surface area contributed by atoms with Gasteiger partial charge in [-0.3, -0.25) is 5.32 Å².